The van der Waals surface area contributed by atoms with Gasteiger partial charge >= 0.3 is 0 Å². The quantitative estimate of drug-likeness (QED) is 0.195. The summed E-state index contributed by atoms with van der Waals surface area (Å²) in [5.41, 5.74) is 15.2. The Morgan fingerprint density at radius 3 is 1.91 bits per heavy atom. The van der Waals surface area contributed by atoms with Gasteiger partial charge in [-0.15, -0.1) is 0 Å². The van der Waals surface area contributed by atoms with E-state index in [1.807, 2.05) is 12.1 Å². The molecule has 0 N–H and O–H groups in total. The highest BCUT2D eigenvalue weighted by Crippen LogP contribution is 2.51. The van der Waals surface area contributed by atoms with Crippen molar-refractivity contribution in [3.05, 3.63) is 175 Å². The fraction of sp³-hybridized carbons (Fsp3) is 0.0667. The molecule has 0 radical (unpaired) electrons. The maximum Gasteiger partial charge on any atom is 0.136 e. The van der Waals surface area contributed by atoms with Crippen LogP contribution in [0.5, 0.6) is 0 Å². The zero-order chi connectivity index (χ0) is 31.5. The first-order chi connectivity index (χ1) is 23.1. The second kappa shape index (κ2) is 10.6. The molecule has 47 heavy (non-hydrogen) atoms. The molecule has 0 unspecified atom stereocenters. The summed E-state index contributed by atoms with van der Waals surface area (Å²) < 4.78 is 6.26. The van der Waals surface area contributed by atoms with Gasteiger partial charge in [0.1, 0.15) is 11.2 Å². The highest BCUT2D eigenvalue weighted by molar-refractivity contribution is 6.12. The highest BCUT2D eigenvalue weighted by atomic mass is 16.3. The van der Waals surface area contributed by atoms with Crippen LogP contribution in [0.2, 0.25) is 0 Å². The van der Waals surface area contributed by atoms with Crippen molar-refractivity contribution in [2.45, 2.75) is 19.3 Å². The molecule has 0 atom stereocenters. The molecule has 7 aromatic carbocycles. The molecule has 224 valence electrons. The van der Waals surface area contributed by atoms with E-state index >= 15 is 0 Å². The number of fused-ring (bicyclic) bond motifs is 6. The van der Waals surface area contributed by atoms with Crippen LogP contribution in [0, 0.1) is 0 Å². The molecule has 0 spiro atoms. The molecule has 2 nitrogen and oxygen atoms in total. The third-order valence-corrected chi connectivity index (χ3v) is 9.88. The Morgan fingerprint density at radius 1 is 0.426 bits per heavy atom. The van der Waals surface area contributed by atoms with E-state index in [-0.39, 0.29) is 5.41 Å². The van der Waals surface area contributed by atoms with Crippen molar-refractivity contribution >= 4 is 39.0 Å². The fourth-order valence-corrected chi connectivity index (χ4v) is 7.54. The molecule has 0 aliphatic heterocycles. The zero-order valence-electron chi connectivity index (χ0n) is 26.4. The summed E-state index contributed by atoms with van der Waals surface area (Å²) in [4.78, 5) is 2.39. The molecule has 0 saturated carbocycles. The predicted octanol–water partition coefficient (Wildman–Crippen LogP) is 12.7. The number of hydrogen-bond donors (Lipinski definition) is 0. The standard InChI is InChI=1S/C45H33NO/c1-45(2)40-19-8-6-16-37(40)38-27-26-35(29-41(38)45)46(33-24-22-31(23-25-33)30-12-4-3-5-13-30)34-15-10-14-32(28-34)36-18-11-21-43-44(36)39-17-7-9-20-42(39)47-43/h3-29H,1-2H3. The highest BCUT2D eigenvalue weighted by Gasteiger charge is 2.35. The molecule has 1 aromatic heterocycles. The van der Waals surface area contributed by atoms with E-state index in [9.17, 15) is 0 Å². The van der Waals surface area contributed by atoms with Gasteiger partial charge < -0.3 is 9.32 Å². The molecule has 0 fully saturated rings. The van der Waals surface area contributed by atoms with E-state index < -0.39 is 0 Å². The van der Waals surface area contributed by atoms with E-state index in [0.29, 0.717) is 0 Å². The summed E-state index contributed by atoms with van der Waals surface area (Å²) in [6, 6.07) is 58.9. The van der Waals surface area contributed by atoms with Crippen LogP contribution in [0.3, 0.4) is 0 Å². The first-order valence-electron chi connectivity index (χ1n) is 16.3. The van der Waals surface area contributed by atoms with Crippen LogP contribution in [-0.2, 0) is 5.41 Å². The zero-order valence-corrected chi connectivity index (χ0v) is 26.4. The summed E-state index contributed by atoms with van der Waals surface area (Å²) in [5.74, 6) is 0. The summed E-state index contributed by atoms with van der Waals surface area (Å²) in [7, 11) is 0. The molecule has 0 amide bonds. The number of nitrogens with zero attached hydrogens (tertiary/aromatic N) is 1. The van der Waals surface area contributed by atoms with Crippen LogP contribution < -0.4 is 4.90 Å². The van der Waals surface area contributed by atoms with Crippen molar-refractivity contribution in [2.24, 2.45) is 0 Å². The minimum Gasteiger partial charge on any atom is -0.456 e. The predicted molar refractivity (Wildman–Crippen MR) is 197 cm³/mol. The van der Waals surface area contributed by atoms with Gasteiger partial charge in [-0.1, -0.05) is 129 Å². The molecule has 1 heterocycles. The van der Waals surface area contributed by atoms with Crippen molar-refractivity contribution in [3.8, 4) is 33.4 Å². The van der Waals surface area contributed by atoms with Gasteiger partial charge in [-0.2, -0.15) is 0 Å². The molecule has 0 bridgehead atoms. The number of hydrogen-bond acceptors (Lipinski definition) is 2. The monoisotopic (exact) mass is 603 g/mol. The topological polar surface area (TPSA) is 16.4 Å². The summed E-state index contributed by atoms with van der Waals surface area (Å²) >= 11 is 0. The molecular weight excluding hydrogens is 571 g/mol. The van der Waals surface area contributed by atoms with E-state index in [1.54, 1.807) is 0 Å². The minimum absolute atomic E-state index is 0.0927. The molecule has 0 saturated heterocycles. The minimum atomic E-state index is -0.0927. The van der Waals surface area contributed by atoms with Gasteiger partial charge in [0.2, 0.25) is 0 Å². The SMILES string of the molecule is CC1(C)c2ccccc2-c2ccc(N(c3ccc(-c4ccccc4)cc3)c3cccc(-c4cccc5oc6ccccc6c45)c3)cc21. The first kappa shape index (κ1) is 27.5. The lowest BCUT2D eigenvalue weighted by atomic mass is 9.82. The Bertz CT molecular complexity index is 2430. The molecule has 2 heteroatoms. The van der Waals surface area contributed by atoms with Crippen LogP contribution in [-0.4, -0.2) is 0 Å². The summed E-state index contributed by atoms with van der Waals surface area (Å²) in [6.45, 7) is 4.69. The number of para-hydroxylation sites is 1. The van der Waals surface area contributed by atoms with E-state index in [2.05, 4.69) is 170 Å². The van der Waals surface area contributed by atoms with Gasteiger partial charge in [0, 0.05) is 33.2 Å². The van der Waals surface area contributed by atoms with E-state index in [1.165, 1.54) is 38.9 Å². The lowest BCUT2D eigenvalue weighted by Crippen LogP contribution is -2.16. The molecule has 1 aliphatic carbocycles. The number of anilines is 3. The molecular formula is C45H33NO. The second-order valence-electron chi connectivity index (χ2n) is 13.0. The Labute approximate surface area is 275 Å². The van der Waals surface area contributed by atoms with E-state index in [4.69, 9.17) is 4.42 Å². The molecule has 9 rings (SSSR count). The van der Waals surface area contributed by atoms with Crippen LogP contribution in [0.4, 0.5) is 17.1 Å². The average Bonchev–Trinajstić information content (AvgIpc) is 3.61. The average molecular weight is 604 g/mol. The Kier molecular flexibility index (Phi) is 6.20. The first-order valence-corrected chi connectivity index (χ1v) is 16.3. The number of benzene rings is 7. The third-order valence-electron chi connectivity index (χ3n) is 9.88. The Hall–Kier alpha value is -5.86. The van der Waals surface area contributed by atoms with Crippen molar-refractivity contribution in [1.82, 2.24) is 0 Å². The Morgan fingerprint density at radius 2 is 1.04 bits per heavy atom. The van der Waals surface area contributed by atoms with Crippen LogP contribution in [0.1, 0.15) is 25.0 Å². The number of furan rings is 1. The van der Waals surface area contributed by atoms with Crippen LogP contribution >= 0.6 is 0 Å². The maximum atomic E-state index is 6.26. The maximum absolute atomic E-state index is 6.26. The van der Waals surface area contributed by atoms with Gasteiger partial charge in [-0.25, -0.2) is 0 Å². The lowest BCUT2D eigenvalue weighted by Gasteiger charge is -2.28. The fourth-order valence-electron chi connectivity index (χ4n) is 7.54. The van der Waals surface area contributed by atoms with Gasteiger partial charge in [0.25, 0.3) is 0 Å². The van der Waals surface area contributed by atoms with Gasteiger partial charge in [-0.05, 0) is 93.0 Å². The normalized spacial score (nSPS) is 13.1. The van der Waals surface area contributed by atoms with Crippen molar-refractivity contribution < 1.29 is 4.42 Å². The second-order valence-corrected chi connectivity index (χ2v) is 13.0. The van der Waals surface area contributed by atoms with Crippen LogP contribution in [0.25, 0.3) is 55.3 Å². The number of rotatable bonds is 5. The third kappa shape index (κ3) is 4.40. The smallest absolute Gasteiger partial charge is 0.136 e. The van der Waals surface area contributed by atoms with Crippen molar-refractivity contribution in [3.63, 3.8) is 0 Å². The van der Waals surface area contributed by atoms with Crippen molar-refractivity contribution in [2.75, 3.05) is 4.90 Å². The van der Waals surface area contributed by atoms with Crippen molar-refractivity contribution in [1.29, 1.82) is 0 Å². The Balaban J connectivity index is 1.22. The van der Waals surface area contributed by atoms with E-state index in [0.717, 1.165) is 44.6 Å². The summed E-state index contributed by atoms with van der Waals surface area (Å²) in [6.07, 6.45) is 0. The summed E-state index contributed by atoms with van der Waals surface area (Å²) in [5, 5.41) is 2.29. The lowest BCUT2D eigenvalue weighted by molar-refractivity contribution is 0.660. The van der Waals surface area contributed by atoms with Gasteiger partial charge in [-0.3, -0.25) is 0 Å². The van der Waals surface area contributed by atoms with Gasteiger partial charge in [0.15, 0.2) is 0 Å². The largest absolute Gasteiger partial charge is 0.456 e. The molecule has 8 aromatic rings. The van der Waals surface area contributed by atoms with Gasteiger partial charge in [0.05, 0.1) is 0 Å². The van der Waals surface area contributed by atoms with Crippen LogP contribution in [0.15, 0.2) is 168 Å². The molecule has 1 aliphatic rings.